The smallest absolute Gasteiger partial charge is 0.217 e. The molecule has 0 unspecified atom stereocenters. The molecule has 1 aromatic rings. The Labute approximate surface area is 113 Å². The average Bonchev–Trinajstić information content (AvgIpc) is 2.32. The van der Waals surface area contributed by atoms with Gasteiger partial charge in [0.1, 0.15) is 5.82 Å². The Bertz CT molecular complexity index is 435. The molecule has 18 heavy (non-hydrogen) atoms. The molecule has 1 rings (SSSR count). The van der Waals surface area contributed by atoms with E-state index in [1.807, 2.05) is 0 Å². The predicted octanol–water partition coefficient (Wildman–Crippen LogP) is 2.30. The Morgan fingerprint density at radius 2 is 2.06 bits per heavy atom. The van der Waals surface area contributed by atoms with E-state index in [1.165, 1.54) is 26.4 Å². The van der Waals surface area contributed by atoms with Crippen LogP contribution in [0.3, 0.4) is 0 Å². The summed E-state index contributed by atoms with van der Waals surface area (Å²) in [5, 5.41) is 0. The van der Waals surface area contributed by atoms with Crippen LogP contribution >= 0.6 is 15.9 Å². The number of carbonyl (C=O) groups excluding carboxylic acids is 1. The van der Waals surface area contributed by atoms with Gasteiger partial charge in [0.15, 0.2) is 5.79 Å². The molecule has 1 amide bonds. The van der Waals surface area contributed by atoms with Crippen molar-refractivity contribution in [1.29, 1.82) is 0 Å². The molecule has 0 aliphatic rings. The van der Waals surface area contributed by atoms with Crippen LogP contribution in [-0.4, -0.2) is 20.1 Å². The lowest BCUT2D eigenvalue weighted by molar-refractivity contribution is -0.221. The molecule has 4 nitrogen and oxygen atoms in total. The lowest BCUT2D eigenvalue weighted by Gasteiger charge is -2.32. The maximum absolute atomic E-state index is 13.1. The Hall–Kier alpha value is -0.980. The van der Waals surface area contributed by atoms with Gasteiger partial charge in [0.2, 0.25) is 5.91 Å². The van der Waals surface area contributed by atoms with E-state index in [9.17, 15) is 9.18 Å². The maximum atomic E-state index is 13.1. The lowest BCUT2D eigenvalue weighted by atomic mass is 10.00. The fourth-order valence-electron chi connectivity index (χ4n) is 1.73. The molecule has 0 saturated heterocycles. The van der Waals surface area contributed by atoms with Crippen LogP contribution in [0.1, 0.15) is 18.4 Å². The van der Waals surface area contributed by atoms with Gasteiger partial charge < -0.3 is 15.2 Å². The van der Waals surface area contributed by atoms with Crippen molar-refractivity contribution >= 4 is 21.8 Å². The molecular formula is C12H15BrFNO3. The van der Waals surface area contributed by atoms with E-state index in [1.54, 1.807) is 6.07 Å². The van der Waals surface area contributed by atoms with Crippen LogP contribution in [0, 0.1) is 5.82 Å². The summed E-state index contributed by atoms with van der Waals surface area (Å²) in [5.74, 6) is -1.95. The van der Waals surface area contributed by atoms with Gasteiger partial charge in [0.05, 0.1) is 0 Å². The molecule has 0 bridgehead atoms. The first kappa shape index (κ1) is 15.1. The van der Waals surface area contributed by atoms with Crippen LogP contribution in [0.4, 0.5) is 4.39 Å². The zero-order chi connectivity index (χ0) is 13.8. The Morgan fingerprint density at radius 3 is 2.50 bits per heavy atom. The average molecular weight is 320 g/mol. The van der Waals surface area contributed by atoms with Crippen LogP contribution in [0.2, 0.25) is 0 Å². The van der Waals surface area contributed by atoms with Crippen molar-refractivity contribution in [3.8, 4) is 0 Å². The minimum absolute atomic E-state index is 0.103. The zero-order valence-corrected chi connectivity index (χ0v) is 11.8. The van der Waals surface area contributed by atoms with E-state index in [4.69, 9.17) is 15.2 Å². The van der Waals surface area contributed by atoms with Gasteiger partial charge in [-0.3, -0.25) is 4.79 Å². The second-order valence-electron chi connectivity index (χ2n) is 3.75. The predicted molar refractivity (Wildman–Crippen MR) is 68.2 cm³/mol. The summed E-state index contributed by atoms with van der Waals surface area (Å²) in [6.45, 7) is 0. The van der Waals surface area contributed by atoms with Crippen molar-refractivity contribution in [2.24, 2.45) is 5.73 Å². The fourth-order valence-corrected chi connectivity index (χ4v) is 2.38. The first-order valence-corrected chi connectivity index (χ1v) is 6.08. The molecular weight excluding hydrogens is 305 g/mol. The SMILES string of the molecule is COC(CCC(N)=O)(OC)c1ccc(F)cc1Br. The number of carbonyl (C=O) groups is 1. The number of benzene rings is 1. The molecule has 0 aromatic heterocycles. The van der Waals surface area contributed by atoms with E-state index < -0.39 is 11.7 Å². The normalized spacial score (nSPS) is 11.6. The van der Waals surface area contributed by atoms with Crippen molar-refractivity contribution in [3.05, 3.63) is 34.1 Å². The van der Waals surface area contributed by atoms with Crippen molar-refractivity contribution in [2.45, 2.75) is 18.6 Å². The molecule has 0 atom stereocenters. The first-order valence-electron chi connectivity index (χ1n) is 5.29. The largest absolute Gasteiger partial charge is 0.370 e. The highest BCUT2D eigenvalue weighted by Gasteiger charge is 2.34. The number of nitrogens with two attached hydrogens (primary N) is 1. The molecule has 0 spiro atoms. The highest BCUT2D eigenvalue weighted by molar-refractivity contribution is 9.10. The van der Waals surface area contributed by atoms with Gasteiger partial charge in [0.25, 0.3) is 0 Å². The van der Waals surface area contributed by atoms with Crippen molar-refractivity contribution in [1.82, 2.24) is 0 Å². The summed E-state index contributed by atoms with van der Waals surface area (Å²) >= 11 is 3.26. The molecule has 0 saturated carbocycles. The van der Waals surface area contributed by atoms with Gasteiger partial charge in [-0.15, -0.1) is 0 Å². The number of methoxy groups -OCH3 is 2. The topological polar surface area (TPSA) is 61.5 Å². The van der Waals surface area contributed by atoms with Gasteiger partial charge in [-0.2, -0.15) is 0 Å². The standard InChI is InChI=1S/C12H15BrFNO3/c1-17-12(18-2,6-5-11(15)16)9-4-3-8(14)7-10(9)13/h3-4,7H,5-6H2,1-2H3,(H2,15,16). The second kappa shape index (κ2) is 6.26. The number of ether oxygens (including phenoxy) is 2. The molecule has 100 valence electrons. The highest BCUT2D eigenvalue weighted by atomic mass is 79.9. The Balaban J connectivity index is 3.13. The van der Waals surface area contributed by atoms with Crippen molar-refractivity contribution in [2.75, 3.05) is 14.2 Å². The van der Waals surface area contributed by atoms with Crippen molar-refractivity contribution < 1.29 is 18.7 Å². The Morgan fingerprint density at radius 1 is 1.44 bits per heavy atom. The first-order chi connectivity index (χ1) is 8.45. The minimum Gasteiger partial charge on any atom is -0.370 e. The molecule has 0 aliphatic carbocycles. The third-order valence-electron chi connectivity index (χ3n) is 2.70. The van der Waals surface area contributed by atoms with Crippen LogP contribution < -0.4 is 5.73 Å². The molecule has 2 N–H and O–H groups in total. The minimum atomic E-state index is -1.12. The number of rotatable bonds is 6. The summed E-state index contributed by atoms with van der Waals surface area (Å²) in [6, 6.07) is 4.16. The molecule has 0 aliphatic heterocycles. The third kappa shape index (κ3) is 3.28. The molecule has 0 radical (unpaired) electrons. The van der Waals surface area contributed by atoms with Gasteiger partial charge in [-0.25, -0.2) is 4.39 Å². The molecule has 0 heterocycles. The van der Waals surface area contributed by atoms with E-state index >= 15 is 0 Å². The number of hydrogen-bond donors (Lipinski definition) is 1. The number of primary amides is 1. The zero-order valence-electron chi connectivity index (χ0n) is 10.2. The van der Waals surface area contributed by atoms with Crippen molar-refractivity contribution in [3.63, 3.8) is 0 Å². The lowest BCUT2D eigenvalue weighted by Crippen LogP contribution is -2.33. The van der Waals surface area contributed by atoms with Crippen LogP contribution in [0.25, 0.3) is 0 Å². The highest BCUT2D eigenvalue weighted by Crippen LogP contribution is 2.36. The van der Waals surface area contributed by atoms with E-state index in [2.05, 4.69) is 15.9 Å². The van der Waals surface area contributed by atoms with Gasteiger partial charge in [-0.1, -0.05) is 15.9 Å². The molecule has 6 heteroatoms. The summed E-state index contributed by atoms with van der Waals surface area (Å²) in [7, 11) is 2.92. The van der Waals surface area contributed by atoms with Gasteiger partial charge in [-0.05, 0) is 18.2 Å². The molecule has 1 aromatic carbocycles. The third-order valence-corrected chi connectivity index (χ3v) is 3.36. The van der Waals surface area contributed by atoms with E-state index in [-0.39, 0.29) is 18.7 Å². The number of halogens is 2. The summed E-state index contributed by atoms with van der Waals surface area (Å²) < 4.78 is 24.3. The monoisotopic (exact) mass is 319 g/mol. The van der Waals surface area contributed by atoms with Crippen LogP contribution in [-0.2, 0) is 20.1 Å². The summed E-state index contributed by atoms with van der Waals surface area (Å²) in [5.41, 5.74) is 5.73. The van der Waals surface area contributed by atoms with E-state index in [0.29, 0.717) is 10.0 Å². The van der Waals surface area contributed by atoms with E-state index in [0.717, 1.165) is 0 Å². The Kier molecular flexibility index (Phi) is 5.25. The van der Waals surface area contributed by atoms with Crippen LogP contribution in [0.15, 0.2) is 22.7 Å². The number of amides is 1. The summed E-state index contributed by atoms with van der Waals surface area (Å²) in [6.07, 6.45) is 0.352. The number of hydrogen-bond acceptors (Lipinski definition) is 3. The van der Waals surface area contributed by atoms with Gasteiger partial charge in [0, 0.05) is 37.1 Å². The fraction of sp³-hybridized carbons (Fsp3) is 0.417. The van der Waals surface area contributed by atoms with Crippen LogP contribution in [0.5, 0.6) is 0 Å². The maximum Gasteiger partial charge on any atom is 0.217 e. The quantitative estimate of drug-likeness (QED) is 0.818. The summed E-state index contributed by atoms with van der Waals surface area (Å²) in [4.78, 5) is 10.9. The van der Waals surface area contributed by atoms with Gasteiger partial charge >= 0.3 is 0 Å². The molecule has 0 fully saturated rings. The second-order valence-corrected chi connectivity index (χ2v) is 4.61.